The zero-order chi connectivity index (χ0) is 37.5. The minimum Gasteiger partial charge on any atom is -0.491 e. The third-order valence-corrected chi connectivity index (χ3v) is 11.2. The van der Waals surface area contributed by atoms with Gasteiger partial charge in [-0.05, 0) is 139 Å². The first-order valence-corrected chi connectivity index (χ1v) is 19.0. The van der Waals surface area contributed by atoms with Crippen molar-refractivity contribution in [3.63, 3.8) is 0 Å². The first-order chi connectivity index (χ1) is 27.0. The van der Waals surface area contributed by atoms with E-state index in [-0.39, 0.29) is 26.4 Å². The molecule has 1 aliphatic rings. The molecule has 0 aromatic heterocycles. The number of aryl methyl sites for hydroxylation is 2. The summed E-state index contributed by atoms with van der Waals surface area (Å²) < 4.78 is 12.0. The smallest absolute Gasteiger partial charge is 0.122 e. The number of aliphatic hydroxyl groups excluding tert-OH is 2. The molecule has 4 heteroatoms. The average molecular weight is 719 g/mol. The van der Waals surface area contributed by atoms with E-state index in [1.807, 2.05) is 12.1 Å². The highest BCUT2D eigenvalue weighted by atomic mass is 16.5. The van der Waals surface area contributed by atoms with Crippen molar-refractivity contribution in [1.82, 2.24) is 0 Å². The Morgan fingerprint density at radius 1 is 0.418 bits per heavy atom. The molecule has 0 atom stereocenters. The SMILES string of the molecule is Cc1cc(C2(c3ccc(OCCO)c(C)c3)c3cc(-c4ccc5ccccc5c4)ccc3-c3ccc(-c4ccc5ccccc5c4)cc32)ccc1OCCO. The van der Waals surface area contributed by atoms with Crippen molar-refractivity contribution < 1.29 is 19.7 Å². The van der Waals surface area contributed by atoms with E-state index in [1.165, 1.54) is 43.8 Å². The van der Waals surface area contributed by atoms with Crippen LogP contribution in [0.25, 0.3) is 54.9 Å². The monoisotopic (exact) mass is 718 g/mol. The Morgan fingerprint density at radius 2 is 0.818 bits per heavy atom. The Bertz CT molecular complexity index is 2540. The van der Waals surface area contributed by atoms with Crippen LogP contribution >= 0.6 is 0 Å². The summed E-state index contributed by atoms with van der Waals surface area (Å²) in [6, 6.07) is 57.3. The summed E-state index contributed by atoms with van der Waals surface area (Å²) in [4.78, 5) is 0. The van der Waals surface area contributed by atoms with E-state index in [2.05, 4.69) is 159 Å². The van der Waals surface area contributed by atoms with E-state index in [9.17, 15) is 10.2 Å². The van der Waals surface area contributed by atoms with Crippen LogP contribution in [-0.2, 0) is 5.41 Å². The summed E-state index contributed by atoms with van der Waals surface area (Å²) in [6.07, 6.45) is 0. The van der Waals surface area contributed by atoms with Gasteiger partial charge in [-0.15, -0.1) is 0 Å². The predicted octanol–water partition coefficient (Wildman–Crippen LogP) is 11.0. The van der Waals surface area contributed by atoms with E-state index in [0.717, 1.165) is 56.0 Å². The Kier molecular flexibility index (Phi) is 8.94. The molecule has 8 aromatic carbocycles. The van der Waals surface area contributed by atoms with E-state index >= 15 is 0 Å². The van der Waals surface area contributed by atoms with Crippen LogP contribution < -0.4 is 9.47 Å². The Hall–Kier alpha value is -6.20. The van der Waals surface area contributed by atoms with E-state index in [1.54, 1.807) is 0 Å². The van der Waals surface area contributed by atoms with Crippen LogP contribution in [0.3, 0.4) is 0 Å². The summed E-state index contributed by atoms with van der Waals surface area (Å²) in [6.45, 7) is 4.52. The third kappa shape index (κ3) is 5.95. The lowest BCUT2D eigenvalue weighted by molar-refractivity contribution is 0.200. The minimum absolute atomic E-state index is 0.0506. The van der Waals surface area contributed by atoms with Crippen LogP contribution in [0.4, 0.5) is 0 Å². The minimum atomic E-state index is -0.717. The molecule has 55 heavy (non-hydrogen) atoms. The third-order valence-electron chi connectivity index (χ3n) is 11.2. The Labute approximate surface area is 321 Å². The van der Waals surface area contributed by atoms with Gasteiger partial charge < -0.3 is 19.7 Å². The second kappa shape index (κ2) is 14.2. The summed E-state index contributed by atoms with van der Waals surface area (Å²) in [7, 11) is 0. The van der Waals surface area contributed by atoms with Crippen LogP contribution in [-0.4, -0.2) is 36.6 Å². The van der Waals surface area contributed by atoms with Crippen molar-refractivity contribution in [2.24, 2.45) is 0 Å². The van der Waals surface area contributed by atoms with Crippen LogP contribution in [0.5, 0.6) is 11.5 Å². The summed E-state index contributed by atoms with van der Waals surface area (Å²) in [5, 5.41) is 24.0. The number of benzene rings is 8. The van der Waals surface area contributed by atoms with Crippen LogP contribution in [0.15, 0.2) is 158 Å². The maximum absolute atomic E-state index is 9.56. The zero-order valence-corrected chi connectivity index (χ0v) is 31.1. The molecule has 8 aromatic rings. The summed E-state index contributed by atoms with van der Waals surface area (Å²) >= 11 is 0. The van der Waals surface area contributed by atoms with Gasteiger partial charge in [0.1, 0.15) is 24.7 Å². The normalized spacial score (nSPS) is 12.8. The number of aliphatic hydroxyl groups is 2. The molecular formula is C51H42O4. The molecule has 2 N–H and O–H groups in total. The first-order valence-electron chi connectivity index (χ1n) is 19.0. The molecule has 0 bridgehead atoms. The van der Waals surface area contributed by atoms with Crippen molar-refractivity contribution in [3.8, 4) is 44.9 Å². The molecule has 0 radical (unpaired) electrons. The predicted molar refractivity (Wildman–Crippen MR) is 224 cm³/mol. The molecule has 0 heterocycles. The van der Waals surface area contributed by atoms with E-state index in [4.69, 9.17) is 9.47 Å². The van der Waals surface area contributed by atoms with Gasteiger partial charge >= 0.3 is 0 Å². The van der Waals surface area contributed by atoms with Crippen molar-refractivity contribution in [3.05, 3.63) is 191 Å². The average Bonchev–Trinajstić information content (AvgIpc) is 3.52. The standard InChI is InChI=1S/C51H42O4/c1-33-27-43(17-21-49(33)54-25-23-52)51(44-18-22-50(34(2)28-44)55-26-24-53)47-31-41(39-13-11-35-7-3-5-9-37(35)29-39)15-19-45(47)46-20-16-42(32-48(46)51)40-14-12-36-8-4-6-10-38(36)30-40/h3-22,27-32,52-53H,23-26H2,1-2H3. The quantitative estimate of drug-likeness (QED) is 0.148. The fourth-order valence-corrected chi connectivity index (χ4v) is 8.61. The molecule has 0 amide bonds. The molecule has 0 aliphatic heterocycles. The lowest BCUT2D eigenvalue weighted by Crippen LogP contribution is -2.29. The van der Waals surface area contributed by atoms with Crippen molar-refractivity contribution in [2.75, 3.05) is 26.4 Å². The molecule has 0 spiro atoms. The first kappa shape index (κ1) is 34.6. The summed E-state index contributed by atoms with van der Waals surface area (Å²) in [5.41, 5.74) is 12.9. The molecule has 4 nitrogen and oxygen atoms in total. The number of hydrogen-bond acceptors (Lipinski definition) is 4. The number of fused-ring (bicyclic) bond motifs is 5. The number of hydrogen-bond donors (Lipinski definition) is 2. The maximum atomic E-state index is 9.56. The lowest BCUT2D eigenvalue weighted by Gasteiger charge is -2.35. The number of rotatable bonds is 10. The second-order valence-electron chi connectivity index (χ2n) is 14.5. The highest BCUT2D eigenvalue weighted by Gasteiger charge is 2.47. The van der Waals surface area contributed by atoms with Gasteiger partial charge in [0.05, 0.1) is 18.6 Å². The topological polar surface area (TPSA) is 58.9 Å². The highest BCUT2D eigenvalue weighted by Crippen LogP contribution is 2.58. The Morgan fingerprint density at radius 3 is 1.24 bits per heavy atom. The molecular weight excluding hydrogens is 677 g/mol. The van der Waals surface area contributed by atoms with Crippen molar-refractivity contribution in [2.45, 2.75) is 19.3 Å². The number of ether oxygens (including phenoxy) is 2. The van der Waals surface area contributed by atoms with Crippen LogP contribution in [0.2, 0.25) is 0 Å². The van der Waals surface area contributed by atoms with Crippen molar-refractivity contribution >= 4 is 21.5 Å². The molecule has 0 fully saturated rings. The summed E-state index contributed by atoms with van der Waals surface area (Å²) in [5.74, 6) is 1.51. The molecule has 0 saturated heterocycles. The lowest BCUT2D eigenvalue weighted by atomic mass is 9.66. The highest BCUT2D eigenvalue weighted by molar-refractivity contribution is 5.93. The van der Waals surface area contributed by atoms with Gasteiger partial charge in [0.15, 0.2) is 0 Å². The largest absolute Gasteiger partial charge is 0.491 e. The maximum Gasteiger partial charge on any atom is 0.122 e. The molecule has 1 aliphatic carbocycles. The van der Waals surface area contributed by atoms with Gasteiger partial charge in [-0.25, -0.2) is 0 Å². The van der Waals surface area contributed by atoms with Gasteiger partial charge in [-0.1, -0.05) is 121 Å². The molecule has 270 valence electrons. The van der Waals surface area contributed by atoms with Gasteiger partial charge in [0, 0.05) is 0 Å². The van der Waals surface area contributed by atoms with Gasteiger partial charge in [0.25, 0.3) is 0 Å². The van der Waals surface area contributed by atoms with Gasteiger partial charge in [-0.3, -0.25) is 0 Å². The zero-order valence-electron chi connectivity index (χ0n) is 31.1. The fourth-order valence-electron chi connectivity index (χ4n) is 8.61. The van der Waals surface area contributed by atoms with Crippen LogP contribution in [0, 0.1) is 13.8 Å². The fraction of sp³-hybridized carbons (Fsp3) is 0.137. The van der Waals surface area contributed by atoms with Crippen LogP contribution in [0.1, 0.15) is 33.4 Å². The Balaban J connectivity index is 1.33. The van der Waals surface area contributed by atoms with Crippen molar-refractivity contribution in [1.29, 1.82) is 0 Å². The second-order valence-corrected chi connectivity index (χ2v) is 14.5. The molecule has 0 saturated carbocycles. The molecule has 0 unspecified atom stereocenters. The molecule has 9 rings (SSSR count). The van der Waals surface area contributed by atoms with E-state index < -0.39 is 5.41 Å². The van der Waals surface area contributed by atoms with Gasteiger partial charge in [0.2, 0.25) is 0 Å². The van der Waals surface area contributed by atoms with Gasteiger partial charge in [-0.2, -0.15) is 0 Å². The van der Waals surface area contributed by atoms with E-state index in [0.29, 0.717) is 0 Å².